The lowest BCUT2D eigenvalue weighted by Crippen LogP contribution is -2.59. The summed E-state index contributed by atoms with van der Waals surface area (Å²) in [6.07, 6.45) is 35.1. The first-order chi connectivity index (χ1) is 26.8. The number of carbonyl (C=O) groups excluding carboxylic acids is 2. The van der Waals surface area contributed by atoms with Crippen molar-refractivity contribution in [3.8, 4) is 0 Å². The lowest BCUT2D eigenvalue weighted by atomic mass is 9.99. The molecule has 0 aromatic heterocycles. The van der Waals surface area contributed by atoms with Crippen LogP contribution in [-0.4, -0.2) is 89.0 Å². The normalized spacial score (nSPS) is 21.2. The van der Waals surface area contributed by atoms with E-state index in [9.17, 15) is 30.0 Å². The van der Waals surface area contributed by atoms with Gasteiger partial charge in [-0.15, -0.1) is 0 Å². The molecule has 0 saturated carbocycles. The van der Waals surface area contributed by atoms with E-state index in [-0.39, 0.29) is 26.1 Å². The number of unbranched alkanes of at least 4 members (excludes halogenated alkanes) is 14. The Bertz CT molecular complexity index is 1080. The van der Waals surface area contributed by atoms with Crippen molar-refractivity contribution in [1.29, 1.82) is 0 Å². The number of hydrogen-bond acceptors (Lipinski definition) is 10. The summed E-state index contributed by atoms with van der Waals surface area (Å²) >= 11 is 0. The fourth-order valence-electron chi connectivity index (χ4n) is 6.02. The van der Waals surface area contributed by atoms with Crippen LogP contribution < -0.4 is 0 Å². The van der Waals surface area contributed by atoms with Gasteiger partial charge in [-0.25, -0.2) is 0 Å². The van der Waals surface area contributed by atoms with Crippen molar-refractivity contribution >= 4 is 11.9 Å². The van der Waals surface area contributed by atoms with Gasteiger partial charge in [-0.1, -0.05) is 132 Å². The van der Waals surface area contributed by atoms with Crippen molar-refractivity contribution in [3.63, 3.8) is 0 Å². The Morgan fingerprint density at radius 2 is 1.13 bits per heavy atom. The van der Waals surface area contributed by atoms with Gasteiger partial charge < -0.3 is 39.4 Å². The van der Waals surface area contributed by atoms with Gasteiger partial charge in [0.1, 0.15) is 31.0 Å². The molecule has 1 fully saturated rings. The summed E-state index contributed by atoms with van der Waals surface area (Å²) in [4.78, 5) is 25.3. The molecule has 0 bridgehead atoms. The Labute approximate surface area is 332 Å². The van der Waals surface area contributed by atoms with Gasteiger partial charge in [-0.2, -0.15) is 0 Å². The van der Waals surface area contributed by atoms with Crippen LogP contribution in [0.25, 0.3) is 0 Å². The first-order valence-electron chi connectivity index (χ1n) is 21.4. The van der Waals surface area contributed by atoms with Crippen LogP contribution in [0, 0.1) is 0 Å². The van der Waals surface area contributed by atoms with Gasteiger partial charge in [-0.05, 0) is 70.6 Å². The number of esters is 2. The highest BCUT2D eigenvalue weighted by Gasteiger charge is 2.44. The van der Waals surface area contributed by atoms with E-state index in [1.54, 1.807) is 0 Å². The van der Waals surface area contributed by atoms with Crippen molar-refractivity contribution in [2.24, 2.45) is 0 Å². The van der Waals surface area contributed by atoms with Gasteiger partial charge in [0.15, 0.2) is 12.4 Å². The molecule has 2 unspecified atom stereocenters. The Morgan fingerprint density at radius 1 is 0.600 bits per heavy atom. The van der Waals surface area contributed by atoms with E-state index < -0.39 is 55.4 Å². The highest BCUT2D eigenvalue weighted by Crippen LogP contribution is 2.22. The maximum atomic E-state index is 12.7. The fraction of sp³-hybridized carbons (Fsp3) is 0.733. The zero-order valence-corrected chi connectivity index (χ0v) is 34.2. The molecule has 0 aromatic rings. The molecule has 316 valence electrons. The summed E-state index contributed by atoms with van der Waals surface area (Å²) in [6.45, 7) is 3.24. The number of allylic oxidation sites excluding steroid dienone is 10. The quantitative estimate of drug-likeness (QED) is 0.0216. The van der Waals surface area contributed by atoms with Crippen LogP contribution in [0.5, 0.6) is 0 Å². The molecule has 1 aliphatic rings. The van der Waals surface area contributed by atoms with E-state index in [4.69, 9.17) is 18.9 Å². The number of aliphatic hydroxyl groups is 4. The van der Waals surface area contributed by atoms with E-state index in [1.165, 1.54) is 25.7 Å². The summed E-state index contributed by atoms with van der Waals surface area (Å²) in [7, 11) is 0. The Hall–Kier alpha value is -2.60. The fourth-order valence-corrected chi connectivity index (χ4v) is 6.02. The standard InChI is InChI=1S/C45H76O10/c1-3-5-7-9-11-13-15-17-19-21-23-25-27-29-31-33-40(47)52-36-38(37-53-45-44(51)43(50)42(49)39(35-46)55-45)54-41(48)34-32-30-28-26-24-22-20-18-16-14-12-10-8-6-4-2/h6,8,12-15,17-20,38-39,42-46,49-51H,3-5,7,9-11,16,21-37H2,1-2H3/b8-6+,14-12+,15-13+,19-17+,20-18+/t38-,39-,42+,43?,44?,45-/m0/s1. The molecule has 1 heterocycles. The monoisotopic (exact) mass is 777 g/mol. The summed E-state index contributed by atoms with van der Waals surface area (Å²) in [5, 5.41) is 40.0. The minimum Gasteiger partial charge on any atom is -0.462 e. The average molecular weight is 777 g/mol. The molecular weight excluding hydrogens is 700 g/mol. The van der Waals surface area contributed by atoms with Crippen molar-refractivity contribution in [1.82, 2.24) is 0 Å². The molecule has 4 N–H and O–H groups in total. The molecule has 10 nitrogen and oxygen atoms in total. The third-order valence-corrected chi connectivity index (χ3v) is 9.41. The molecule has 1 rings (SSSR count). The van der Waals surface area contributed by atoms with Gasteiger partial charge in [0, 0.05) is 12.8 Å². The number of aliphatic hydroxyl groups excluding tert-OH is 4. The first-order valence-corrected chi connectivity index (χ1v) is 21.4. The largest absolute Gasteiger partial charge is 0.462 e. The molecule has 55 heavy (non-hydrogen) atoms. The summed E-state index contributed by atoms with van der Waals surface area (Å²) in [6, 6.07) is 0. The molecule has 0 spiro atoms. The maximum Gasteiger partial charge on any atom is 0.306 e. The smallest absolute Gasteiger partial charge is 0.306 e. The zero-order valence-electron chi connectivity index (χ0n) is 34.2. The van der Waals surface area contributed by atoms with Gasteiger partial charge in [0.25, 0.3) is 0 Å². The average Bonchev–Trinajstić information content (AvgIpc) is 3.18. The zero-order chi connectivity index (χ0) is 40.2. The minimum absolute atomic E-state index is 0.204. The molecule has 0 radical (unpaired) electrons. The first kappa shape index (κ1) is 50.4. The third kappa shape index (κ3) is 27.6. The van der Waals surface area contributed by atoms with Crippen molar-refractivity contribution in [3.05, 3.63) is 60.8 Å². The second kappa shape index (κ2) is 35.8. The molecule has 10 heteroatoms. The topological polar surface area (TPSA) is 152 Å². The second-order valence-corrected chi connectivity index (χ2v) is 14.4. The molecule has 1 saturated heterocycles. The summed E-state index contributed by atoms with van der Waals surface area (Å²) in [5.41, 5.74) is 0. The van der Waals surface area contributed by atoms with Crippen LogP contribution in [0.4, 0.5) is 0 Å². The van der Waals surface area contributed by atoms with Crippen LogP contribution in [0.2, 0.25) is 0 Å². The molecule has 0 aromatic carbocycles. The van der Waals surface area contributed by atoms with Crippen LogP contribution in [0.3, 0.4) is 0 Å². The van der Waals surface area contributed by atoms with Crippen LogP contribution >= 0.6 is 0 Å². The van der Waals surface area contributed by atoms with Crippen LogP contribution in [0.15, 0.2) is 60.8 Å². The highest BCUT2D eigenvalue weighted by atomic mass is 16.7. The molecule has 1 aliphatic heterocycles. The van der Waals surface area contributed by atoms with Crippen LogP contribution in [0.1, 0.15) is 155 Å². The van der Waals surface area contributed by atoms with Crippen molar-refractivity contribution in [2.75, 3.05) is 19.8 Å². The highest BCUT2D eigenvalue weighted by molar-refractivity contribution is 5.70. The summed E-state index contributed by atoms with van der Waals surface area (Å²) in [5.74, 6) is -0.850. The number of ether oxygens (including phenoxy) is 4. The van der Waals surface area contributed by atoms with Crippen molar-refractivity contribution < 1.29 is 49.0 Å². The Morgan fingerprint density at radius 3 is 1.73 bits per heavy atom. The SMILES string of the molecule is CC/C=C/C/C=C/C/C=C/CCCCCCCC(=O)O[C@@H](COC(=O)CCCCCCC/C=C/C=C/CCCCCC)CO[C@H]1O[C@@H](CO)[C@@H](O)C(O)C1O. The van der Waals surface area contributed by atoms with Gasteiger partial charge in [0.2, 0.25) is 0 Å². The van der Waals surface area contributed by atoms with E-state index in [2.05, 4.69) is 74.6 Å². The number of carbonyl (C=O) groups is 2. The molecule has 0 aliphatic carbocycles. The predicted octanol–water partition coefficient (Wildman–Crippen LogP) is 8.66. The van der Waals surface area contributed by atoms with E-state index in [0.29, 0.717) is 12.8 Å². The number of hydrogen-bond donors (Lipinski definition) is 4. The Balaban J connectivity index is 2.39. The van der Waals surface area contributed by atoms with Crippen LogP contribution in [-0.2, 0) is 28.5 Å². The van der Waals surface area contributed by atoms with E-state index >= 15 is 0 Å². The second-order valence-electron chi connectivity index (χ2n) is 14.4. The van der Waals surface area contributed by atoms with Gasteiger partial charge >= 0.3 is 11.9 Å². The van der Waals surface area contributed by atoms with Crippen molar-refractivity contribution in [2.45, 2.75) is 192 Å². The van der Waals surface area contributed by atoms with E-state index in [1.807, 2.05) is 0 Å². The molecule has 6 atom stereocenters. The lowest BCUT2D eigenvalue weighted by Gasteiger charge is -2.39. The van der Waals surface area contributed by atoms with Gasteiger partial charge in [0.05, 0.1) is 13.2 Å². The molecular formula is C45H76O10. The lowest BCUT2D eigenvalue weighted by molar-refractivity contribution is -0.305. The summed E-state index contributed by atoms with van der Waals surface area (Å²) < 4.78 is 22.1. The van der Waals surface area contributed by atoms with Gasteiger partial charge in [-0.3, -0.25) is 9.59 Å². The Kier molecular flexibility index (Phi) is 32.8. The molecule has 0 amide bonds. The minimum atomic E-state index is -1.60. The predicted molar refractivity (Wildman–Crippen MR) is 219 cm³/mol. The maximum absolute atomic E-state index is 12.7. The van der Waals surface area contributed by atoms with E-state index in [0.717, 1.165) is 89.9 Å². The third-order valence-electron chi connectivity index (χ3n) is 9.41. The number of rotatable bonds is 34.